The van der Waals surface area contributed by atoms with Crippen molar-refractivity contribution in [3.05, 3.63) is 53.2 Å². The first-order chi connectivity index (χ1) is 9.29. The molecule has 0 radical (unpaired) electrons. The van der Waals surface area contributed by atoms with Crippen molar-refractivity contribution in [2.45, 2.75) is 29.8 Å². The Balaban J connectivity index is 2.15. The number of aromatic nitrogens is 1. The summed E-state index contributed by atoms with van der Waals surface area (Å²) < 4.78 is 0. The van der Waals surface area contributed by atoms with Gasteiger partial charge in [0.25, 0.3) is 0 Å². The van der Waals surface area contributed by atoms with Crippen LogP contribution in [0.2, 0.25) is 5.02 Å². The second-order valence-electron chi connectivity index (χ2n) is 4.20. The highest BCUT2D eigenvalue weighted by molar-refractivity contribution is 7.99. The fourth-order valence-corrected chi connectivity index (χ4v) is 2.87. The van der Waals surface area contributed by atoms with Crippen LogP contribution in [-0.2, 0) is 6.54 Å². The van der Waals surface area contributed by atoms with E-state index >= 15 is 0 Å². The molecule has 0 fully saturated rings. The maximum Gasteiger partial charge on any atom is 0.101 e. The van der Waals surface area contributed by atoms with E-state index < -0.39 is 0 Å². The van der Waals surface area contributed by atoms with Gasteiger partial charge in [-0.15, -0.1) is 0 Å². The molecule has 0 spiro atoms. The third-order valence-corrected chi connectivity index (χ3v) is 3.91. The predicted molar refractivity (Wildman–Crippen MR) is 81.8 cm³/mol. The molecule has 19 heavy (non-hydrogen) atoms. The fraction of sp³-hybridized carbons (Fsp3) is 0.267. The van der Waals surface area contributed by atoms with E-state index in [2.05, 4.69) is 23.3 Å². The fourth-order valence-electron chi connectivity index (χ4n) is 1.69. The van der Waals surface area contributed by atoms with Crippen LogP contribution in [-0.4, -0.2) is 11.5 Å². The standard InChI is InChI=1S/C15H17ClN2S/c1-2-8-17-11-12-6-7-13(16)10-14(12)19-15-5-3-4-9-18-15/h3-7,9-10,17H,2,8,11H2,1H3. The zero-order valence-electron chi connectivity index (χ0n) is 10.9. The Morgan fingerprint density at radius 2 is 2.16 bits per heavy atom. The quantitative estimate of drug-likeness (QED) is 0.800. The summed E-state index contributed by atoms with van der Waals surface area (Å²) in [5.74, 6) is 0. The summed E-state index contributed by atoms with van der Waals surface area (Å²) in [5, 5.41) is 5.17. The minimum absolute atomic E-state index is 0.762. The van der Waals surface area contributed by atoms with Crippen LogP contribution in [0, 0.1) is 0 Å². The number of benzene rings is 1. The van der Waals surface area contributed by atoms with Gasteiger partial charge < -0.3 is 5.32 Å². The molecule has 0 bridgehead atoms. The lowest BCUT2D eigenvalue weighted by Crippen LogP contribution is -2.14. The van der Waals surface area contributed by atoms with Gasteiger partial charge in [0.2, 0.25) is 0 Å². The van der Waals surface area contributed by atoms with E-state index in [0.717, 1.165) is 34.5 Å². The molecule has 2 rings (SSSR count). The van der Waals surface area contributed by atoms with Gasteiger partial charge in [-0.1, -0.05) is 42.4 Å². The van der Waals surface area contributed by atoms with Crippen molar-refractivity contribution in [1.29, 1.82) is 0 Å². The van der Waals surface area contributed by atoms with E-state index in [4.69, 9.17) is 11.6 Å². The predicted octanol–water partition coefficient (Wildman–Crippen LogP) is 4.39. The minimum Gasteiger partial charge on any atom is -0.313 e. The molecule has 2 aromatic rings. The van der Waals surface area contributed by atoms with Crippen LogP contribution in [0.5, 0.6) is 0 Å². The monoisotopic (exact) mass is 292 g/mol. The van der Waals surface area contributed by atoms with E-state index in [-0.39, 0.29) is 0 Å². The number of hydrogen-bond donors (Lipinski definition) is 1. The third kappa shape index (κ3) is 4.53. The van der Waals surface area contributed by atoms with Gasteiger partial charge in [-0.05, 0) is 42.8 Å². The molecule has 1 heterocycles. The summed E-state index contributed by atoms with van der Waals surface area (Å²) in [5.41, 5.74) is 1.26. The molecule has 4 heteroatoms. The van der Waals surface area contributed by atoms with Crippen molar-refractivity contribution in [2.75, 3.05) is 6.54 Å². The van der Waals surface area contributed by atoms with Gasteiger partial charge in [0.05, 0.1) is 0 Å². The highest BCUT2D eigenvalue weighted by Crippen LogP contribution is 2.31. The smallest absolute Gasteiger partial charge is 0.101 e. The summed E-state index contributed by atoms with van der Waals surface area (Å²) in [6.45, 7) is 4.05. The second-order valence-corrected chi connectivity index (χ2v) is 5.70. The highest BCUT2D eigenvalue weighted by atomic mass is 35.5. The van der Waals surface area contributed by atoms with Crippen molar-refractivity contribution < 1.29 is 0 Å². The molecule has 100 valence electrons. The van der Waals surface area contributed by atoms with Crippen LogP contribution in [0.4, 0.5) is 0 Å². The topological polar surface area (TPSA) is 24.9 Å². The van der Waals surface area contributed by atoms with E-state index in [1.165, 1.54) is 5.56 Å². The molecule has 0 saturated heterocycles. The number of nitrogens with one attached hydrogen (secondary N) is 1. The molecule has 1 N–H and O–H groups in total. The minimum atomic E-state index is 0.762. The lowest BCUT2D eigenvalue weighted by atomic mass is 10.2. The Morgan fingerprint density at radius 3 is 2.89 bits per heavy atom. The summed E-state index contributed by atoms with van der Waals surface area (Å²) >= 11 is 7.74. The lowest BCUT2D eigenvalue weighted by Gasteiger charge is -2.10. The Labute approximate surface area is 123 Å². The van der Waals surface area contributed by atoms with Crippen molar-refractivity contribution in [2.24, 2.45) is 0 Å². The van der Waals surface area contributed by atoms with E-state index in [1.54, 1.807) is 11.8 Å². The Bertz CT molecular complexity index is 517. The Morgan fingerprint density at radius 1 is 1.26 bits per heavy atom. The number of halogens is 1. The zero-order valence-corrected chi connectivity index (χ0v) is 12.5. The first-order valence-electron chi connectivity index (χ1n) is 6.37. The van der Waals surface area contributed by atoms with Crippen molar-refractivity contribution >= 4 is 23.4 Å². The van der Waals surface area contributed by atoms with Gasteiger partial charge in [0.15, 0.2) is 0 Å². The molecule has 0 atom stereocenters. The second kappa shape index (κ2) is 7.53. The number of pyridine rings is 1. The summed E-state index contributed by atoms with van der Waals surface area (Å²) in [6, 6.07) is 11.9. The van der Waals surface area contributed by atoms with Crippen molar-refractivity contribution in [3.63, 3.8) is 0 Å². The maximum atomic E-state index is 6.09. The molecule has 1 aromatic heterocycles. The van der Waals surface area contributed by atoms with Crippen molar-refractivity contribution in [1.82, 2.24) is 10.3 Å². The molecule has 2 nitrogen and oxygen atoms in total. The molecular weight excluding hydrogens is 276 g/mol. The molecule has 0 aliphatic heterocycles. The average Bonchev–Trinajstić information content (AvgIpc) is 2.43. The van der Waals surface area contributed by atoms with Gasteiger partial charge in [-0.2, -0.15) is 0 Å². The van der Waals surface area contributed by atoms with Gasteiger partial charge in [0, 0.05) is 22.7 Å². The Kier molecular flexibility index (Phi) is 5.70. The molecular formula is C15H17ClN2S. The van der Waals surface area contributed by atoms with E-state index in [9.17, 15) is 0 Å². The van der Waals surface area contributed by atoms with Crippen LogP contribution >= 0.6 is 23.4 Å². The number of hydrogen-bond acceptors (Lipinski definition) is 3. The first kappa shape index (κ1) is 14.4. The third-order valence-electron chi connectivity index (χ3n) is 2.62. The SMILES string of the molecule is CCCNCc1ccc(Cl)cc1Sc1ccccn1. The van der Waals surface area contributed by atoms with Crippen LogP contribution in [0.3, 0.4) is 0 Å². The molecule has 0 amide bonds. The van der Waals surface area contributed by atoms with Crippen LogP contribution in [0.15, 0.2) is 52.5 Å². The van der Waals surface area contributed by atoms with Gasteiger partial charge in [-0.25, -0.2) is 4.98 Å². The van der Waals surface area contributed by atoms with E-state index in [0.29, 0.717) is 0 Å². The van der Waals surface area contributed by atoms with E-state index in [1.807, 2.05) is 36.5 Å². The molecule has 0 unspecified atom stereocenters. The first-order valence-corrected chi connectivity index (χ1v) is 7.57. The zero-order chi connectivity index (χ0) is 13.5. The van der Waals surface area contributed by atoms with Crippen LogP contribution in [0.25, 0.3) is 0 Å². The van der Waals surface area contributed by atoms with Gasteiger partial charge in [0.1, 0.15) is 5.03 Å². The molecule has 0 aliphatic carbocycles. The summed E-state index contributed by atoms with van der Waals surface area (Å²) in [4.78, 5) is 5.50. The molecule has 1 aromatic carbocycles. The number of rotatable bonds is 6. The Hall–Kier alpha value is -1.03. The largest absolute Gasteiger partial charge is 0.313 e. The maximum absolute atomic E-state index is 6.09. The number of nitrogens with zero attached hydrogens (tertiary/aromatic N) is 1. The lowest BCUT2D eigenvalue weighted by molar-refractivity contribution is 0.669. The van der Waals surface area contributed by atoms with Crippen molar-refractivity contribution in [3.8, 4) is 0 Å². The van der Waals surface area contributed by atoms with Crippen LogP contribution in [0.1, 0.15) is 18.9 Å². The normalized spacial score (nSPS) is 10.6. The van der Waals surface area contributed by atoms with Crippen LogP contribution < -0.4 is 5.32 Å². The van der Waals surface area contributed by atoms with Gasteiger partial charge in [-0.3, -0.25) is 0 Å². The highest BCUT2D eigenvalue weighted by Gasteiger charge is 2.06. The summed E-state index contributed by atoms with van der Waals surface area (Å²) in [6.07, 6.45) is 2.94. The molecule has 0 aliphatic rings. The summed E-state index contributed by atoms with van der Waals surface area (Å²) in [7, 11) is 0. The average molecular weight is 293 g/mol. The van der Waals surface area contributed by atoms with Gasteiger partial charge >= 0.3 is 0 Å². The molecule has 0 saturated carbocycles.